The summed E-state index contributed by atoms with van der Waals surface area (Å²) in [5, 5.41) is 10.3. The fraction of sp³-hybridized carbons (Fsp3) is 0.429. The molecule has 0 spiro atoms. The summed E-state index contributed by atoms with van der Waals surface area (Å²) in [5.41, 5.74) is 0.424. The number of rotatable bonds is 12. The van der Waals surface area contributed by atoms with Gasteiger partial charge in [-0.2, -0.15) is 0 Å². The Labute approximate surface area is 155 Å². The molecular formula is C21H28O5. The van der Waals surface area contributed by atoms with Crippen LogP contribution in [-0.2, 0) is 16.0 Å². The van der Waals surface area contributed by atoms with Crippen molar-refractivity contribution in [3.63, 3.8) is 0 Å². The van der Waals surface area contributed by atoms with Crippen LogP contribution < -0.4 is 4.74 Å². The van der Waals surface area contributed by atoms with E-state index in [-0.39, 0.29) is 29.6 Å². The molecule has 0 radical (unpaired) electrons. The number of carbonyl (C=O) groups excluding carboxylic acids is 2. The lowest BCUT2D eigenvalue weighted by Crippen LogP contribution is -2.17. The number of ether oxygens (including phenoxy) is 2. The predicted molar refractivity (Wildman–Crippen MR) is 102 cm³/mol. The average molecular weight is 360 g/mol. The maximum absolute atomic E-state index is 12.5. The quantitative estimate of drug-likeness (QED) is 0.340. The molecule has 26 heavy (non-hydrogen) atoms. The molecule has 0 saturated heterocycles. The van der Waals surface area contributed by atoms with Crippen LogP contribution in [0.15, 0.2) is 37.4 Å². The standard InChI is InChI=1S/C21H28O5/c1-5-7-8-9-11-17(22)12-16-13-18(25-4)14-19(23)20(16)21(24)26-15(3)10-6-2/h5-6,13-15,23H,1-2,7-12H2,3-4H3/t15-/m0/s1. The molecule has 0 heterocycles. The van der Waals surface area contributed by atoms with Gasteiger partial charge in [0.25, 0.3) is 0 Å². The minimum Gasteiger partial charge on any atom is -0.507 e. The lowest BCUT2D eigenvalue weighted by Gasteiger charge is -2.16. The maximum Gasteiger partial charge on any atom is 0.342 e. The highest BCUT2D eigenvalue weighted by Crippen LogP contribution is 2.30. The van der Waals surface area contributed by atoms with E-state index in [1.165, 1.54) is 13.2 Å². The number of carbonyl (C=O) groups is 2. The summed E-state index contributed by atoms with van der Waals surface area (Å²) < 4.78 is 10.5. The van der Waals surface area contributed by atoms with Crippen LogP contribution in [0.25, 0.3) is 0 Å². The number of phenolic OH excluding ortho intramolecular Hbond substituents is 1. The fourth-order valence-electron chi connectivity index (χ4n) is 2.59. The molecule has 0 fully saturated rings. The molecule has 5 nitrogen and oxygen atoms in total. The minimum absolute atomic E-state index is 0.00472. The third-order valence-electron chi connectivity index (χ3n) is 3.92. The van der Waals surface area contributed by atoms with Crippen LogP contribution in [0.5, 0.6) is 11.5 Å². The third kappa shape index (κ3) is 6.75. The van der Waals surface area contributed by atoms with Gasteiger partial charge in [-0.3, -0.25) is 4.79 Å². The van der Waals surface area contributed by atoms with Crippen molar-refractivity contribution in [3.05, 3.63) is 48.6 Å². The summed E-state index contributed by atoms with van der Waals surface area (Å²) in [4.78, 5) is 24.7. The predicted octanol–water partition coefficient (Wildman–Crippen LogP) is 4.38. The molecule has 0 aromatic heterocycles. The van der Waals surface area contributed by atoms with Gasteiger partial charge in [-0.15, -0.1) is 13.2 Å². The summed E-state index contributed by atoms with van der Waals surface area (Å²) in [6.45, 7) is 9.01. The third-order valence-corrected chi connectivity index (χ3v) is 3.92. The van der Waals surface area contributed by atoms with Crippen molar-refractivity contribution in [2.45, 2.75) is 51.6 Å². The molecule has 1 aromatic carbocycles. The number of methoxy groups -OCH3 is 1. The van der Waals surface area contributed by atoms with Crippen molar-refractivity contribution >= 4 is 11.8 Å². The SMILES string of the molecule is C=CCCCCC(=O)Cc1cc(OC)cc(O)c1C(=O)O[C@@H](C)CC=C. The Bertz CT molecular complexity index is 648. The van der Waals surface area contributed by atoms with Gasteiger partial charge in [-0.1, -0.05) is 12.2 Å². The lowest BCUT2D eigenvalue weighted by atomic mass is 9.98. The van der Waals surface area contributed by atoms with E-state index >= 15 is 0 Å². The molecule has 0 aliphatic rings. The number of hydrogen-bond acceptors (Lipinski definition) is 5. The van der Waals surface area contributed by atoms with Crippen LogP contribution in [0, 0.1) is 0 Å². The lowest BCUT2D eigenvalue weighted by molar-refractivity contribution is -0.118. The summed E-state index contributed by atoms with van der Waals surface area (Å²) in [5.74, 6) is -0.536. The summed E-state index contributed by atoms with van der Waals surface area (Å²) in [6.07, 6.45) is 6.58. The molecule has 0 aliphatic carbocycles. The van der Waals surface area contributed by atoms with E-state index in [1.807, 2.05) is 6.08 Å². The zero-order chi connectivity index (χ0) is 19.5. The smallest absolute Gasteiger partial charge is 0.342 e. The van der Waals surface area contributed by atoms with Crippen LogP contribution >= 0.6 is 0 Å². The first-order valence-corrected chi connectivity index (χ1v) is 8.77. The Morgan fingerprint density at radius 3 is 2.58 bits per heavy atom. The van der Waals surface area contributed by atoms with Crippen molar-refractivity contribution in [2.24, 2.45) is 0 Å². The molecule has 0 bridgehead atoms. The van der Waals surface area contributed by atoms with E-state index in [0.717, 1.165) is 19.3 Å². The topological polar surface area (TPSA) is 72.8 Å². The number of ketones is 1. The number of benzene rings is 1. The van der Waals surface area contributed by atoms with E-state index in [4.69, 9.17) is 9.47 Å². The van der Waals surface area contributed by atoms with Crippen molar-refractivity contribution in [2.75, 3.05) is 7.11 Å². The average Bonchev–Trinajstić information content (AvgIpc) is 2.58. The Morgan fingerprint density at radius 1 is 1.23 bits per heavy atom. The van der Waals surface area contributed by atoms with Gasteiger partial charge in [0.1, 0.15) is 28.9 Å². The van der Waals surface area contributed by atoms with Crippen LogP contribution in [-0.4, -0.2) is 30.1 Å². The molecule has 1 atom stereocenters. The first-order valence-electron chi connectivity index (χ1n) is 8.77. The van der Waals surface area contributed by atoms with Crippen LogP contribution in [0.3, 0.4) is 0 Å². The van der Waals surface area contributed by atoms with Gasteiger partial charge in [0.2, 0.25) is 0 Å². The summed E-state index contributed by atoms with van der Waals surface area (Å²) >= 11 is 0. The number of esters is 1. The van der Waals surface area contributed by atoms with E-state index in [1.54, 1.807) is 19.1 Å². The molecule has 1 rings (SSSR count). The number of unbranched alkanes of at least 4 members (excludes halogenated alkanes) is 2. The van der Waals surface area contributed by atoms with Gasteiger partial charge in [-0.05, 0) is 37.8 Å². The molecule has 1 N–H and O–H groups in total. The van der Waals surface area contributed by atoms with Crippen LogP contribution in [0.4, 0.5) is 0 Å². The molecule has 1 aromatic rings. The zero-order valence-corrected chi connectivity index (χ0v) is 15.6. The molecular weight excluding hydrogens is 332 g/mol. The number of hydrogen-bond donors (Lipinski definition) is 1. The molecule has 0 amide bonds. The normalized spacial score (nSPS) is 11.5. The number of Topliss-reactive ketones (excluding diaryl/α,β-unsaturated/α-hetero) is 1. The first-order chi connectivity index (χ1) is 12.4. The largest absolute Gasteiger partial charge is 0.507 e. The van der Waals surface area contributed by atoms with E-state index < -0.39 is 5.97 Å². The highest BCUT2D eigenvalue weighted by molar-refractivity contribution is 5.96. The van der Waals surface area contributed by atoms with Crippen LogP contribution in [0.1, 0.15) is 54.9 Å². The first kappa shape index (κ1) is 21.5. The number of phenols is 1. The van der Waals surface area contributed by atoms with Crippen molar-refractivity contribution < 1.29 is 24.2 Å². The molecule has 0 saturated carbocycles. The Kier molecular flexibility index (Phi) is 9.20. The molecule has 142 valence electrons. The van der Waals surface area contributed by atoms with Gasteiger partial charge in [-0.25, -0.2) is 4.79 Å². The van der Waals surface area contributed by atoms with Gasteiger partial charge in [0.05, 0.1) is 7.11 Å². The molecule has 0 aliphatic heterocycles. The van der Waals surface area contributed by atoms with Gasteiger partial charge >= 0.3 is 5.97 Å². The van der Waals surface area contributed by atoms with E-state index in [2.05, 4.69) is 13.2 Å². The fourth-order valence-corrected chi connectivity index (χ4v) is 2.59. The maximum atomic E-state index is 12.5. The van der Waals surface area contributed by atoms with E-state index in [0.29, 0.717) is 24.2 Å². The second kappa shape index (κ2) is 11.1. The number of allylic oxidation sites excluding steroid dienone is 1. The van der Waals surface area contributed by atoms with Crippen molar-refractivity contribution in [1.29, 1.82) is 0 Å². The number of aromatic hydroxyl groups is 1. The summed E-state index contributed by atoms with van der Waals surface area (Å²) in [6, 6.07) is 2.93. The second-order valence-electron chi connectivity index (χ2n) is 6.17. The van der Waals surface area contributed by atoms with Gasteiger partial charge < -0.3 is 14.6 Å². The van der Waals surface area contributed by atoms with E-state index in [9.17, 15) is 14.7 Å². The summed E-state index contributed by atoms with van der Waals surface area (Å²) in [7, 11) is 1.46. The van der Waals surface area contributed by atoms with Gasteiger partial charge in [0.15, 0.2) is 0 Å². The highest BCUT2D eigenvalue weighted by Gasteiger charge is 2.22. The minimum atomic E-state index is -0.658. The van der Waals surface area contributed by atoms with Crippen LogP contribution in [0.2, 0.25) is 0 Å². The highest BCUT2D eigenvalue weighted by atomic mass is 16.5. The Hall–Kier alpha value is -2.56. The monoisotopic (exact) mass is 360 g/mol. The zero-order valence-electron chi connectivity index (χ0n) is 15.6. The second-order valence-corrected chi connectivity index (χ2v) is 6.17. The molecule has 5 heteroatoms. The van der Waals surface area contributed by atoms with Crippen molar-refractivity contribution in [3.8, 4) is 11.5 Å². The Morgan fingerprint density at radius 2 is 1.96 bits per heavy atom. The Balaban J connectivity index is 2.98. The van der Waals surface area contributed by atoms with Crippen molar-refractivity contribution in [1.82, 2.24) is 0 Å². The molecule has 0 unspecified atom stereocenters. The van der Waals surface area contributed by atoms with Gasteiger partial charge in [0, 0.05) is 25.3 Å².